The van der Waals surface area contributed by atoms with Gasteiger partial charge >= 0.3 is 0 Å². The molecule has 0 radical (unpaired) electrons. The van der Waals surface area contributed by atoms with Crippen molar-refractivity contribution in [3.05, 3.63) is 34.4 Å². The smallest absolute Gasteiger partial charge is 0.0468 e. The molecule has 1 heterocycles. The monoisotopic (exact) mass is 264 g/mol. The van der Waals surface area contributed by atoms with Crippen molar-refractivity contribution < 1.29 is 0 Å². The lowest BCUT2D eigenvalue weighted by atomic mass is 9.95. The highest BCUT2D eigenvalue weighted by Gasteiger charge is 2.42. The maximum absolute atomic E-state index is 5.83. The molecule has 0 bridgehead atoms. The van der Waals surface area contributed by atoms with Gasteiger partial charge in [0.15, 0.2) is 0 Å². The minimum Gasteiger partial charge on any atom is -0.360 e. The van der Waals surface area contributed by atoms with Gasteiger partial charge in [-0.05, 0) is 40.4 Å². The molecule has 3 rings (SSSR count). The van der Waals surface area contributed by atoms with Crippen LogP contribution in [0.5, 0.6) is 0 Å². The molecule has 3 heteroatoms. The molecule has 78 valence electrons. The zero-order chi connectivity index (χ0) is 10.5. The Balaban J connectivity index is 2.14. The summed E-state index contributed by atoms with van der Waals surface area (Å²) in [5.74, 6) is 0. The van der Waals surface area contributed by atoms with Crippen LogP contribution < -0.4 is 5.73 Å². The van der Waals surface area contributed by atoms with Crippen LogP contribution in [0, 0.1) is 0 Å². The van der Waals surface area contributed by atoms with Crippen molar-refractivity contribution in [3.8, 4) is 0 Å². The van der Waals surface area contributed by atoms with Gasteiger partial charge in [-0.25, -0.2) is 0 Å². The molecule has 0 atom stereocenters. The number of hydrogen-bond donors (Lipinski definition) is 2. The van der Waals surface area contributed by atoms with Gasteiger partial charge in [0.2, 0.25) is 0 Å². The first-order chi connectivity index (χ1) is 7.25. The number of rotatable bonds is 2. The molecule has 1 saturated carbocycles. The van der Waals surface area contributed by atoms with Crippen LogP contribution in [-0.2, 0) is 5.41 Å². The number of aromatic amines is 1. The van der Waals surface area contributed by atoms with Crippen LogP contribution in [0.3, 0.4) is 0 Å². The summed E-state index contributed by atoms with van der Waals surface area (Å²) in [5.41, 5.74) is 8.69. The van der Waals surface area contributed by atoms with Crippen LogP contribution >= 0.6 is 15.9 Å². The molecule has 0 amide bonds. The lowest BCUT2D eigenvalue weighted by Crippen LogP contribution is -2.19. The van der Waals surface area contributed by atoms with Crippen LogP contribution in [0.1, 0.15) is 18.4 Å². The Hall–Kier alpha value is -0.800. The summed E-state index contributed by atoms with van der Waals surface area (Å²) in [6.07, 6.45) is 4.45. The van der Waals surface area contributed by atoms with E-state index in [0.717, 1.165) is 11.0 Å². The summed E-state index contributed by atoms with van der Waals surface area (Å²) >= 11 is 3.52. The molecular weight excluding hydrogens is 252 g/mol. The second-order valence-corrected chi connectivity index (χ2v) is 5.24. The average Bonchev–Trinajstić information content (AvgIpc) is 2.99. The largest absolute Gasteiger partial charge is 0.360 e. The lowest BCUT2D eigenvalue weighted by Gasteiger charge is -2.12. The average molecular weight is 265 g/mol. The number of halogens is 1. The van der Waals surface area contributed by atoms with Crippen LogP contribution in [0.2, 0.25) is 0 Å². The van der Waals surface area contributed by atoms with E-state index in [0.29, 0.717) is 0 Å². The molecule has 1 aromatic carbocycles. The molecule has 1 aliphatic carbocycles. The fraction of sp³-hybridized carbons (Fsp3) is 0.333. The van der Waals surface area contributed by atoms with Crippen molar-refractivity contribution >= 4 is 26.8 Å². The predicted molar refractivity (Wildman–Crippen MR) is 66.0 cm³/mol. The van der Waals surface area contributed by atoms with Crippen molar-refractivity contribution in [1.82, 2.24) is 4.98 Å². The molecule has 3 N–H and O–H groups in total. The first-order valence-electron chi connectivity index (χ1n) is 5.22. The third kappa shape index (κ3) is 1.34. The van der Waals surface area contributed by atoms with Crippen molar-refractivity contribution in [2.45, 2.75) is 18.3 Å². The molecule has 0 spiro atoms. The van der Waals surface area contributed by atoms with Crippen LogP contribution in [0.15, 0.2) is 28.9 Å². The van der Waals surface area contributed by atoms with E-state index in [2.05, 4.69) is 39.1 Å². The first-order valence-corrected chi connectivity index (χ1v) is 6.02. The van der Waals surface area contributed by atoms with Crippen molar-refractivity contribution in [2.75, 3.05) is 6.54 Å². The fourth-order valence-corrected chi connectivity index (χ4v) is 2.64. The molecule has 2 aromatic rings. The summed E-state index contributed by atoms with van der Waals surface area (Å²) in [6, 6.07) is 6.61. The topological polar surface area (TPSA) is 41.8 Å². The Morgan fingerprint density at radius 2 is 2.20 bits per heavy atom. The molecule has 1 aromatic heterocycles. The van der Waals surface area contributed by atoms with E-state index in [1.54, 1.807) is 0 Å². The number of benzene rings is 1. The maximum atomic E-state index is 5.83. The minimum atomic E-state index is 0.284. The molecule has 0 aliphatic heterocycles. The molecular formula is C12H13BrN2. The van der Waals surface area contributed by atoms with Crippen molar-refractivity contribution in [3.63, 3.8) is 0 Å². The van der Waals surface area contributed by atoms with Gasteiger partial charge in [-0.1, -0.05) is 12.1 Å². The van der Waals surface area contributed by atoms with E-state index < -0.39 is 0 Å². The summed E-state index contributed by atoms with van der Waals surface area (Å²) in [7, 11) is 0. The highest BCUT2D eigenvalue weighted by Crippen LogP contribution is 2.47. The summed E-state index contributed by atoms with van der Waals surface area (Å²) in [5, 5.41) is 1.24. The SMILES string of the molecule is NCC1(c2ccc3c(Br)c[nH]c3c2)CC1. The Labute approximate surface area is 97.0 Å². The molecule has 15 heavy (non-hydrogen) atoms. The summed E-state index contributed by atoms with van der Waals surface area (Å²) in [4.78, 5) is 3.26. The lowest BCUT2D eigenvalue weighted by molar-refractivity contribution is 0.706. The molecule has 1 fully saturated rings. The summed E-state index contributed by atoms with van der Waals surface area (Å²) in [6.45, 7) is 0.764. The van der Waals surface area contributed by atoms with E-state index in [1.165, 1.54) is 29.3 Å². The number of nitrogens with two attached hydrogens (primary N) is 1. The third-order valence-electron chi connectivity index (χ3n) is 3.49. The third-order valence-corrected chi connectivity index (χ3v) is 4.14. The van der Waals surface area contributed by atoms with E-state index in [4.69, 9.17) is 5.73 Å². The van der Waals surface area contributed by atoms with E-state index in [-0.39, 0.29) is 5.41 Å². The highest BCUT2D eigenvalue weighted by atomic mass is 79.9. The van der Waals surface area contributed by atoms with Gasteiger partial charge in [0.25, 0.3) is 0 Å². The normalized spacial score (nSPS) is 18.3. The number of aromatic nitrogens is 1. The number of H-pyrrole nitrogens is 1. The van der Waals surface area contributed by atoms with Crippen molar-refractivity contribution in [2.24, 2.45) is 5.73 Å². The Morgan fingerprint density at radius 1 is 1.40 bits per heavy atom. The van der Waals surface area contributed by atoms with Gasteiger partial charge in [-0.3, -0.25) is 0 Å². The van der Waals surface area contributed by atoms with E-state index >= 15 is 0 Å². The Kier molecular flexibility index (Phi) is 1.94. The Bertz CT molecular complexity index is 511. The van der Waals surface area contributed by atoms with Crippen LogP contribution in [0.4, 0.5) is 0 Å². The number of fused-ring (bicyclic) bond motifs is 1. The molecule has 2 nitrogen and oxygen atoms in total. The van der Waals surface area contributed by atoms with Gasteiger partial charge in [-0.2, -0.15) is 0 Å². The second kappa shape index (κ2) is 3.09. The molecule has 0 saturated heterocycles. The summed E-state index contributed by atoms with van der Waals surface area (Å²) < 4.78 is 1.13. The fourth-order valence-electron chi connectivity index (χ4n) is 2.18. The van der Waals surface area contributed by atoms with E-state index in [1.807, 2.05) is 6.20 Å². The highest BCUT2D eigenvalue weighted by molar-refractivity contribution is 9.10. The number of nitrogens with one attached hydrogen (secondary N) is 1. The quantitative estimate of drug-likeness (QED) is 0.861. The van der Waals surface area contributed by atoms with Gasteiger partial charge in [0.05, 0.1) is 0 Å². The van der Waals surface area contributed by atoms with Gasteiger partial charge in [-0.15, -0.1) is 0 Å². The first kappa shape index (κ1) is 9.43. The Morgan fingerprint density at radius 3 is 2.87 bits per heavy atom. The zero-order valence-electron chi connectivity index (χ0n) is 8.39. The van der Waals surface area contributed by atoms with Gasteiger partial charge < -0.3 is 10.7 Å². The van der Waals surface area contributed by atoms with Crippen LogP contribution in [0.25, 0.3) is 10.9 Å². The maximum Gasteiger partial charge on any atom is 0.0468 e. The van der Waals surface area contributed by atoms with Crippen molar-refractivity contribution in [1.29, 1.82) is 0 Å². The van der Waals surface area contributed by atoms with Gasteiger partial charge in [0, 0.05) is 33.5 Å². The zero-order valence-corrected chi connectivity index (χ0v) is 9.97. The van der Waals surface area contributed by atoms with E-state index in [9.17, 15) is 0 Å². The predicted octanol–water partition coefficient (Wildman–Crippen LogP) is 2.92. The van der Waals surface area contributed by atoms with Gasteiger partial charge in [0.1, 0.15) is 0 Å². The minimum absolute atomic E-state index is 0.284. The second-order valence-electron chi connectivity index (χ2n) is 4.38. The molecule has 0 unspecified atom stereocenters. The number of hydrogen-bond acceptors (Lipinski definition) is 1. The molecule has 1 aliphatic rings. The standard InChI is InChI=1S/C12H13BrN2/c13-10-6-15-11-5-8(1-2-9(10)11)12(7-14)3-4-12/h1-2,5-6,15H,3-4,7,14H2. The van der Waals surface area contributed by atoms with Crippen LogP contribution in [-0.4, -0.2) is 11.5 Å².